The Morgan fingerprint density at radius 1 is 1.00 bits per heavy atom. The number of anilines is 1. The lowest BCUT2D eigenvalue weighted by atomic mass is 10.2. The summed E-state index contributed by atoms with van der Waals surface area (Å²) >= 11 is 1.65. The Morgan fingerprint density at radius 3 is 2.67 bits per heavy atom. The van der Waals surface area contributed by atoms with E-state index in [9.17, 15) is 0 Å². The lowest BCUT2D eigenvalue weighted by Gasteiger charge is -1.89. The van der Waals surface area contributed by atoms with Gasteiger partial charge in [-0.05, 0) is 29.8 Å². The van der Waals surface area contributed by atoms with E-state index in [0.717, 1.165) is 20.9 Å². The SMILES string of the molecule is Nc1ccc2nc(C=Cc3ccccc3)sc2c1. The van der Waals surface area contributed by atoms with Crippen molar-refractivity contribution in [2.45, 2.75) is 0 Å². The summed E-state index contributed by atoms with van der Waals surface area (Å²) in [6.07, 6.45) is 4.11. The molecule has 3 aromatic rings. The van der Waals surface area contributed by atoms with Crippen LogP contribution in [0.4, 0.5) is 5.69 Å². The molecule has 0 amide bonds. The molecule has 2 aromatic carbocycles. The summed E-state index contributed by atoms with van der Waals surface area (Å²) in [4.78, 5) is 4.55. The largest absolute Gasteiger partial charge is 0.399 e. The molecule has 0 radical (unpaired) electrons. The predicted molar refractivity (Wildman–Crippen MR) is 79.4 cm³/mol. The number of aromatic nitrogens is 1. The smallest absolute Gasteiger partial charge is 0.117 e. The number of nitrogens with two attached hydrogens (primary N) is 1. The van der Waals surface area contributed by atoms with Crippen molar-refractivity contribution in [3.63, 3.8) is 0 Å². The number of fused-ring (bicyclic) bond motifs is 1. The van der Waals surface area contributed by atoms with Crippen LogP contribution in [-0.4, -0.2) is 4.98 Å². The van der Waals surface area contributed by atoms with Gasteiger partial charge in [0.25, 0.3) is 0 Å². The van der Waals surface area contributed by atoms with E-state index in [4.69, 9.17) is 5.73 Å². The van der Waals surface area contributed by atoms with Crippen LogP contribution in [0.2, 0.25) is 0 Å². The van der Waals surface area contributed by atoms with Gasteiger partial charge in [-0.15, -0.1) is 11.3 Å². The Balaban J connectivity index is 1.93. The maximum atomic E-state index is 5.76. The van der Waals surface area contributed by atoms with Gasteiger partial charge < -0.3 is 5.73 Å². The zero-order valence-corrected chi connectivity index (χ0v) is 10.5. The molecule has 3 rings (SSSR count). The number of thiazole rings is 1. The Bertz CT molecular complexity index is 699. The maximum Gasteiger partial charge on any atom is 0.117 e. The molecule has 0 bridgehead atoms. The van der Waals surface area contributed by atoms with E-state index >= 15 is 0 Å². The topological polar surface area (TPSA) is 38.9 Å². The molecule has 0 fully saturated rings. The fraction of sp³-hybridized carbons (Fsp3) is 0. The van der Waals surface area contributed by atoms with Gasteiger partial charge in [-0.25, -0.2) is 4.98 Å². The first-order valence-electron chi connectivity index (χ1n) is 5.70. The normalized spacial score (nSPS) is 11.3. The number of hydrogen-bond acceptors (Lipinski definition) is 3. The minimum Gasteiger partial charge on any atom is -0.399 e. The van der Waals surface area contributed by atoms with Crippen molar-refractivity contribution in [3.05, 3.63) is 59.1 Å². The molecule has 2 nitrogen and oxygen atoms in total. The Morgan fingerprint density at radius 2 is 1.83 bits per heavy atom. The zero-order valence-electron chi connectivity index (χ0n) is 9.71. The van der Waals surface area contributed by atoms with Gasteiger partial charge in [0.05, 0.1) is 10.2 Å². The monoisotopic (exact) mass is 252 g/mol. The lowest BCUT2D eigenvalue weighted by molar-refractivity contribution is 1.46. The molecule has 0 unspecified atom stereocenters. The van der Waals surface area contributed by atoms with Crippen molar-refractivity contribution in [3.8, 4) is 0 Å². The summed E-state index contributed by atoms with van der Waals surface area (Å²) < 4.78 is 1.13. The molecule has 0 atom stereocenters. The maximum absolute atomic E-state index is 5.76. The average molecular weight is 252 g/mol. The number of hydrogen-bond donors (Lipinski definition) is 1. The van der Waals surface area contributed by atoms with E-state index in [0.29, 0.717) is 0 Å². The number of rotatable bonds is 2. The standard InChI is InChI=1S/C15H12N2S/c16-12-7-8-13-14(10-12)18-15(17-13)9-6-11-4-2-1-3-5-11/h1-10H,16H2. The molecule has 1 aromatic heterocycles. The first-order valence-corrected chi connectivity index (χ1v) is 6.52. The molecule has 88 valence electrons. The molecule has 18 heavy (non-hydrogen) atoms. The molecular formula is C15H12N2S. The molecule has 0 aliphatic heterocycles. The van der Waals surface area contributed by atoms with Gasteiger partial charge in [-0.2, -0.15) is 0 Å². The van der Waals surface area contributed by atoms with Gasteiger partial charge in [0, 0.05) is 5.69 Å². The van der Waals surface area contributed by atoms with Crippen LogP contribution in [0.3, 0.4) is 0 Å². The quantitative estimate of drug-likeness (QED) is 0.699. The van der Waals surface area contributed by atoms with Crippen molar-refractivity contribution < 1.29 is 0 Å². The summed E-state index contributed by atoms with van der Waals surface area (Å²) in [6, 6.07) is 16.0. The molecule has 0 aliphatic carbocycles. The van der Waals surface area contributed by atoms with Crippen LogP contribution in [0.5, 0.6) is 0 Å². The minimum atomic E-state index is 0.782. The number of benzene rings is 2. The molecule has 2 N–H and O–H groups in total. The second-order valence-corrected chi connectivity index (χ2v) is 5.09. The van der Waals surface area contributed by atoms with E-state index in [2.05, 4.69) is 23.2 Å². The Hall–Kier alpha value is -2.13. The van der Waals surface area contributed by atoms with E-state index in [1.165, 1.54) is 5.56 Å². The van der Waals surface area contributed by atoms with Crippen LogP contribution in [0, 0.1) is 0 Å². The minimum absolute atomic E-state index is 0.782. The van der Waals surface area contributed by atoms with Crippen LogP contribution < -0.4 is 5.73 Å². The first kappa shape index (κ1) is 11.0. The summed E-state index contributed by atoms with van der Waals surface area (Å²) in [5.74, 6) is 0. The van der Waals surface area contributed by atoms with E-state index in [1.807, 2.05) is 42.5 Å². The van der Waals surface area contributed by atoms with Crippen LogP contribution in [0.15, 0.2) is 48.5 Å². The number of nitrogens with zero attached hydrogens (tertiary/aromatic N) is 1. The van der Waals surface area contributed by atoms with Crippen molar-refractivity contribution in [1.29, 1.82) is 0 Å². The first-order chi connectivity index (χ1) is 8.81. The van der Waals surface area contributed by atoms with Crippen molar-refractivity contribution in [2.24, 2.45) is 0 Å². The van der Waals surface area contributed by atoms with Crippen molar-refractivity contribution in [1.82, 2.24) is 4.98 Å². The highest BCUT2D eigenvalue weighted by Crippen LogP contribution is 2.25. The van der Waals surface area contributed by atoms with E-state index in [-0.39, 0.29) is 0 Å². The molecule has 0 saturated carbocycles. The molecule has 0 saturated heterocycles. The second-order valence-electron chi connectivity index (χ2n) is 4.02. The van der Waals surface area contributed by atoms with Crippen LogP contribution >= 0.6 is 11.3 Å². The molecule has 3 heteroatoms. The van der Waals surface area contributed by atoms with E-state index in [1.54, 1.807) is 11.3 Å². The Labute approximate surface area is 109 Å². The van der Waals surface area contributed by atoms with E-state index < -0.39 is 0 Å². The lowest BCUT2D eigenvalue weighted by Crippen LogP contribution is -1.81. The molecule has 1 heterocycles. The van der Waals surface area contributed by atoms with Crippen molar-refractivity contribution in [2.75, 3.05) is 5.73 Å². The zero-order chi connectivity index (χ0) is 12.4. The van der Waals surface area contributed by atoms with Crippen LogP contribution in [0.1, 0.15) is 10.6 Å². The summed E-state index contributed by atoms with van der Waals surface area (Å²) in [6.45, 7) is 0. The van der Waals surface area contributed by atoms with Crippen LogP contribution in [0.25, 0.3) is 22.4 Å². The fourth-order valence-electron chi connectivity index (χ4n) is 1.76. The predicted octanol–water partition coefficient (Wildman–Crippen LogP) is 4.05. The average Bonchev–Trinajstić information content (AvgIpc) is 2.79. The molecule has 0 aliphatic rings. The summed E-state index contributed by atoms with van der Waals surface area (Å²) in [7, 11) is 0. The van der Waals surface area contributed by atoms with Crippen molar-refractivity contribution >= 4 is 39.4 Å². The van der Waals surface area contributed by atoms with Gasteiger partial charge >= 0.3 is 0 Å². The van der Waals surface area contributed by atoms with Gasteiger partial charge in [0.1, 0.15) is 5.01 Å². The third-order valence-electron chi connectivity index (χ3n) is 2.65. The van der Waals surface area contributed by atoms with Gasteiger partial charge in [0.2, 0.25) is 0 Å². The summed E-state index contributed by atoms with van der Waals surface area (Å²) in [5, 5.41) is 0.999. The molecular weight excluding hydrogens is 240 g/mol. The number of nitrogen functional groups attached to an aromatic ring is 1. The highest BCUT2D eigenvalue weighted by molar-refractivity contribution is 7.19. The summed E-state index contributed by atoms with van der Waals surface area (Å²) in [5.41, 5.74) is 8.72. The third kappa shape index (κ3) is 2.26. The van der Waals surface area contributed by atoms with Crippen LogP contribution in [-0.2, 0) is 0 Å². The van der Waals surface area contributed by atoms with Gasteiger partial charge in [-0.3, -0.25) is 0 Å². The fourth-order valence-corrected chi connectivity index (χ4v) is 2.68. The third-order valence-corrected chi connectivity index (χ3v) is 3.63. The molecule has 0 spiro atoms. The highest BCUT2D eigenvalue weighted by Gasteiger charge is 2.00. The second kappa shape index (κ2) is 4.63. The van der Waals surface area contributed by atoms with Gasteiger partial charge in [-0.1, -0.05) is 36.4 Å². The highest BCUT2D eigenvalue weighted by atomic mass is 32.1. The Kier molecular flexibility index (Phi) is 2.82. The van der Waals surface area contributed by atoms with Gasteiger partial charge in [0.15, 0.2) is 0 Å².